The first-order valence-electron chi connectivity index (χ1n) is 6.83. The first kappa shape index (κ1) is 16.3. The van der Waals surface area contributed by atoms with Crippen LogP contribution in [0.15, 0.2) is 24.3 Å². The molecular formula is C14H17F3N3O2+. The molecule has 1 heterocycles. The summed E-state index contributed by atoms with van der Waals surface area (Å²) in [5.41, 5.74) is 0.00268. The number of likely N-dealkylation sites (N-methyl/N-ethyl adjacent to an activating group) is 1. The van der Waals surface area contributed by atoms with Gasteiger partial charge in [-0.05, 0) is 12.1 Å². The summed E-state index contributed by atoms with van der Waals surface area (Å²) in [7, 11) is 1.75. The number of alkyl halides is 3. The van der Waals surface area contributed by atoms with Crippen LogP contribution in [0.2, 0.25) is 0 Å². The van der Waals surface area contributed by atoms with E-state index in [0.717, 1.165) is 21.9 Å². The van der Waals surface area contributed by atoms with Gasteiger partial charge in [-0.2, -0.15) is 13.2 Å². The van der Waals surface area contributed by atoms with Crippen molar-refractivity contribution in [1.82, 2.24) is 10.2 Å². The third kappa shape index (κ3) is 3.97. The fourth-order valence-electron chi connectivity index (χ4n) is 2.29. The molecule has 0 radical (unpaired) electrons. The number of urea groups is 1. The second-order valence-electron chi connectivity index (χ2n) is 5.28. The number of rotatable bonds is 4. The van der Waals surface area contributed by atoms with Crippen molar-refractivity contribution in [1.29, 1.82) is 0 Å². The number of hydrogen-bond donors (Lipinski definition) is 2. The van der Waals surface area contributed by atoms with Crippen LogP contribution in [0, 0.1) is 0 Å². The Morgan fingerprint density at radius 2 is 1.95 bits per heavy atom. The van der Waals surface area contributed by atoms with Crippen molar-refractivity contribution in [2.45, 2.75) is 12.7 Å². The van der Waals surface area contributed by atoms with E-state index in [1.165, 1.54) is 12.1 Å². The number of carbonyl (C=O) groups is 2. The van der Waals surface area contributed by atoms with Gasteiger partial charge in [0.1, 0.15) is 6.54 Å². The number of amides is 3. The van der Waals surface area contributed by atoms with Crippen molar-refractivity contribution in [3.05, 3.63) is 35.4 Å². The first-order valence-corrected chi connectivity index (χ1v) is 6.83. The van der Waals surface area contributed by atoms with Crippen molar-refractivity contribution < 1.29 is 27.7 Å². The molecule has 1 unspecified atom stereocenters. The zero-order valence-electron chi connectivity index (χ0n) is 12.0. The highest BCUT2D eigenvalue weighted by Crippen LogP contribution is 2.28. The van der Waals surface area contributed by atoms with Crippen molar-refractivity contribution in [2.24, 2.45) is 0 Å². The van der Waals surface area contributed by atoms with Crippen LogP contribution in [0.5, 0.6) is 0 Å². The highest BCUT2D eigenvalue weighted by molar-refractivity contribution is 5.96. The van der Waals surface area contributed by atoms with Crippen LogP contribution in [0.4, 0.5) is 18.0 Å². The molecule has 0 aliphatic carbocycles. The fourth-order valence-corrected chi connectivity index (χ4v) is 2.29. The molecule has 5 nitrogen and oxygen atoms in total. The molecule has 1 aliphatic heterocycles. The Morgan fingerprint density at radius 1 is 1.32 bits per heavy atom. The Morgan fingerprint density at radius 3 is 2.45 bits per heavy atom. The standard InChI is InChI=1S/C14H16F3N3O2/c1-19(9-12(21)20-7-6-18-13(20)22)8-10-2-4-11(5-3-10)14(15,16)17/h2-5H,6-9H2,1H3,(H,18,22)/p+1. The summed E-state index contributed by atoms with van der Waals surface area (Å²) in [4.78, 5) is 25.2. The Kier molecular flexibility index (Phi) is 4.70. The maximum absolute atomic E-state index is 12.5. The monoisotopic (exact) mass is 316 g/mol. The summed E-state index contributed by atoms with van der Waals surface area (Å²) in [6, 6.07) is 4.46. The average molecular weight is 316 g/mol. The zero-order chi connectivity index (χ0) is 16.3. The number of hydrogen-bond acceptors (Lipinski definition) is 2. The molecule has 1 saturated heterocycles. The molecule has 0 spiro atoms. The lowest BCUT2D eigenvalue weighted by Gasteiger charge is -2.17. The second-order valence-corrected chi connectivity index (χ2v) is 5.28. The van der Waals surface area contributed by atoms with E-state index in [1.54, 1.807) is 7.05 Å². The van der Waals surface area contributed by atoms with Gasteiger partial charge < -0.3 is 10.2 Å². The number of quaternary nitrogens is 1. The summed E-state index contributed by atoms with van der Waals surface area (Å²) in [5, 5.41) is 2.54. The molecule has 0 bridgehead atoms. The van der Waals surface area contributed by atoms with Gasteiger partial charge in [0.15, 0.2) is 6.54 Å². The number of nitrogens with zero attached hydrogens (tertiary/aromatic N) is 1. The summed E-state index contributed by atoms with van der Waals surface area (Å²) in [6.45, 7) is 1.31. The molecule has 2 N–H and O–H groups in total. The molecule has 1 aromatic carbocycles. The largest absolute Gasteiger partial charge is 0.416 e. The van der Waals surface area contributed by atoms with Gasteiger partial charge in [-0.3, -0.25) is 9.69 Å². The first-order chi connectivity index (χ1) is 10.3. The number of benzene rings is 1. The molecule has 3 amide bonds. The molecule has 1 fully saturated rings. The average Bonchev–Trinajstić information content (AvgIpc) is 2.84. The van der Waals surface area contributed by atoms with Gasteiger partial charge in [-0.1, -0.05) is 12.1 Å². The lowest BCUT2D eigenvalue weighted by atomic mass is 10.1. The summed E-state index contributed by atoms with van der Waals surface area (Å²) >= 11 is 0. The predicted molar refractivity (Wildman–Crippen MR) is 72.0 cm³/mol. The van der Waals surface area contributed by atoms with E-state index in [1.807, 2.05) is 0 Å². The Bertz CT molecular complexity index is 557. The van der Waals surface area contributed by atoms with Crippen LogP contribution < -0.4 is 10.2 Å². The summed E-state index contributed by atoms with van der Waals surface area (Å²) in [6.07, 6.45) is -4.35. The SMILES string of the molecule is C[NH+](CC(=O)N1CCNC1=O)Cc1ccc(C(F)(F)F)cc1. The quantitative estimate of drug-likeness (QED) is 0.838. The fraction of sp³-hybridized carbons (Fsp3) is 0.429. The van der Waals surface area contributed by atoms with Gasteiger partial charge >= 0.3 is 12.2 Å². The van der Waals surface area contributed by atoms with Crippen LogP contribution in [0.25, 0.3) is 0 Å². The van der Waals surface area contributed by atoms with Crippen LogP contribution in [0.1, 0.15) is 11.1 Å². The molecule has 8 heteroatoms. The minimum absolute atomic E-state index is 0.106. The molecule has 1 aliphatic rings. The summed E-state index contributed by atoms with van der Waals surface area (Å²) in [5.74, 6) is -0.292. The third-order valence-electron chi connectivity index (χ3n) is 3.40. The Balaban J connectivity index is 1.90. The number of carbonyl (C=O) groups excluding carboxylic acids is 2. The van der Waals surface area contributed by atoms with Crippen LogP contribution >= 0.6 is 0 Å². The van der Waals surface area contributed by atoms with Gasteiger partial charge in [0.05, 0.1) is 12.6 Å². The van der Waals surface area contributed by atoms with Crippen molar-refractivity contribution >= 4 is 11.9 Å². The van der Waals surface area contributed by atoms with E-state index < -0.39 is 17.8 Å². The van der Waals surface area contributed by atoms with E-state index in [4.69, 9.17) is 0 Å². The van der Waals surface area contributed by atoms with Gasteiger partial charge in [-0.25, -0.2) is 4.79 Å². The van der Waals surface area contributed by atoms with Crippen LogP contribution in [0.3, 0.4) is 0 Å². The molecule has 1 atom stereocenters. The normalized spacial score (nSPS) is 16.5. The predicted octanol–water partition coefficient (Wildman–Crippen LogP) is 0.272. The van der Waals surface area contributed by atoms with Gasteiger partial charge in [-0.15, -0.1) is 0 Å². The van der Waals surface area contributed by atoms with E-state index in [0.29, 0.717) is 25.2 Å². The molecular weight excluding hydrogens is 299 g/mol. The second kappa shape index (κ2) is 6.35. The Labute approximate surface area is 125 Å². The maximum atomic E-state index is 12.5. The minimum atomic E-state index is -4.35. The van der Waals surface area contributed by atoms with Crippen molar-refractivity contribution in [2.75, 3.05) is 26.7 Å². The maximum Gasteiger partial charge on any atom is 0.416 e. The number of nitrogens with one attached hydrogen (secondary N) is 2. The highest BCUT2D eigenvalue weighted by Gasteiger charge is 2.30. The summed E-state index contributed by atoms with van der Waals surface area (Å²) < 4.78 is 37.4. The van der Waals surface area contributed by atoms with E-state index >= 15 is 0 Å². The molecule has 22 heavy (non-hydrogen) atoms. The molecule has 0 saturated carbocycles. The van der Waals surface area contributed by atoms with Crippen LogP contribution in [-0.4, -0.2) is 43.5 Å². The van der Waals surface area contributed by atoms with Gasteiger partial charge in [0.25, 0.3) is 5.91 Å². The molecule has 2 rings (SSSR count). The topological polar surface area (TPSA) is 53.9 Å². The van der Waals surface area contributed by atoms with E-state index in [2.05, 4.69) is 5.32 Å². The van der Waals surface area contributed by atoms with Gasteiger partial charge in [0, 0.05) is 18.7 Å². The van der Waals surface area contributed by atoms with E-state index in [9.17, 15) is 22.8 Å². The lowest BCUT2D eigenvalue weighted by molar-refractivity contribution is -0.885. The molecule has 0 aromatic heterocycles. The van der Waals surface area contributed by atoms with E-state index in [-0.39, 0.29) is 12.5 Å². The highest BCUT2D eigenvalue weighted by atomic mass is 19.4. The van der Waals surface area contributed by atoms with Crippen molar-refractivity contribution in [3.8, 4) is 0 Å². The molecule has 120 valence electrons. The molecule has 1 aromatic rings. The minimum Gasteiger partial charge on any atom is -0.336 e. The third-order valence-corrected chi connectivity index (χ3v) is 3.40. The Hall–Kier alpha value is -2.09. The van der Waals surface area contributed by atoms with Crippen LogP contribution in [-0.2, 0) is 17.5 Å². The number of imide groups is 1. The smallest absolute Gasteiger partial charge is 0.336 e. The zero-order valence-corrected chi connectivity index (χ0v) is 12.0. The lowest BCUT2D eigenvalue weighted by Crippen LogP contribution is -3.08. The number of halogens is 3. The van der Waals surface area contributed by atoms with Crippen molar-refractivity contribution in [3.63, 3.8) is 0 Å². The van der Waals surface area contributed by atoms with Gasteiger partial charge in [0.2, 0.25) is 0 Å².